The van der Waals surface area contributed by atoms with Crippen molar-refractivity contribution < 1.29 is 9.53 Å². The van der Waals surface area contributed by atoms with E-state index in [0.717, 1.165) is 50.0 Å². The number of carbonyl (C=O) groups is 1. The first-order valence-corrected chi connectivity index (χ1v) is 9.86. The van der Waals surface area contributed by atoms with Crippen LogP contribution in [0, 0.1) is 39.9 Å². The van der Waals surface area contributed by atoms with Gasteiger partial charge in [-0.05, 0) is 61.7 Å². The molecule has 6 atom stereocenters. The van der Waals surface area contributed by atoms with Gasteiger partial charge in [-0.2, -0.15) is 5.26 Å². The molecule has 0 amide bonds. The summed E-state index contributed by atoms with van der Waals surface area (Å²) in [6.45, 7) is 6.30. The average Bonchev–Trinajstić information content (AvgIpc) is 2.91. The van der Waals surface area contributed by atoms with Crippen LogP contribution in [0.4, 0.5) is 0 Å². The summed E-state index contributed by atoms with van der Waals surface area (Å²) in [6, 6.07) is 2.49. The minimum atomic E-state index is -0.155. The first-order valence-electron chi connectivity index (χ1n) is 9.86. The number of carbonyl (C=O) groups excluding carboxylic acids is 1. The molecule has 3 nitrogen and oxygen atoms in total. The van der Waals surface area contributed by atoms with E-state index in [1.165, 1.54) is 18.9 Å². The number of hydrogen-bond donors (Lipinski definition) is 0. The lowest BCUT2D eigenvalue weighted by Crippen LogP contribution is -2.50. The number of allylic oxidation sites excluding steroid dienone is 3. The zero-order chi connectivity index (χ0) is 17.8. The lowest BCUT2D eigenvalue weighted by atomic mass is 9.47. The monoisotopic (exact) mass is 339 g/mol. The Morgan fingerprint density at radius 2 is 1.92 bits per heavy atom. The lowest BCUT2D eigenvalue weighted by Gasteiger charge is -2.57. The summed E-state index contributed by atoms with van der Waals surface area (Å²) >= 11 is 0. The predicted molar refractivity (Wildman–Crippen MR) is 96.3 cm³/mol. The zero-order valence-corrected chi connectivity index (χ0v) is 15.7. The lowest BCUT2D eigenvalue weighted by molar-refractivity contribution is -0.148. The summed E-state index contributed by atoms with van der Waals surface area (Å²) in [5.41, 5.74) is 2.93. The molecule has 0 aromatic rings. The molecule has 2 fully saturated rings. The van der Waals surface area contributed by atoms with E-state index in [2.05, 4.69) is 32.1 Å². The molecule has 0 N–H and O–H groups in total. The predicted octanol–water partition coefficient (Wildman–Crippen LogP) is 4.94. The SMILES string of the molecule is CC(=O)O[C@@H]1CC[C@@]2(C)C(=CC[C@H]3[C@H]2CC[C@]2(C)C(C#N)=CC[C@H]32)C1. The molecule has 0 heterocycles. The molecule has 4 aliphatic carbocycles. The smallest absolute Gasteiger partial charge is 0.302 e. The number of nitrogens with zero attached hydrogens (tertiary/aromatic N) is 1. The maximum absolute atomic E-state index is 11.3. The molecule has 25 heavy (non-hydrogen) atoms. The standard InChI is InChI=1S/C22H29NO2/c1-14(24)25-17-8-10-21(2)15(12-17)4-6-18-19-7-5-16(13-23)22(19,3)11-9-20(18)21/h4-5,17-20H,6-12H2,1-3H3/t17-,18-,19-,20-,21+,22-/m1/s1. The summed E-state index contributed by atoms with van der Waals surface area (Å²) in [6.07, 6.45) is 12.4. The second kappa shape index (κ2) is 5.73. The number of hydrogen-bond acceptors (Lipinski definition) is 3. The number of fused-ring (bicyclic) bond motifs is 5. The van der Waals surface area contributed by atoms with Crippen LogP contribution in [0.25, 0.3) is 0 Å². The van der Waals surface area contributed by atoms with Gasteiger partial charge < -0.3 is 4.74 Å². The third kappa shape index (κ3) is 2.40. The molecule has 134 valence electrons. The van der Waals surface area contributed by atoms with Crippen LogP contribution in [0.1, 0.15) is 65.7 Å². The molecule has 4 aliphatic rings. The minimum Gasteiger partial charge on any atom is -0.462 e. The Hall–Kier alpha value is -1.56. The third-order valence-corrected chi connectivity index (χ3v) is 8.09. The minimum absolute atomic E-state index is 0.0700. The summed E-state index contributed by atoms with van der Waals surface area (Å²) in [7, 11) is 0. The summed E-state index contributed by atoms with van der Waals surface area (Å²) in [5, 5.41) is 9.53. The van der Waals surface area contributed by atoms with Gasteiger partial charge in [0.05, 0.1) is 6.07 Å². The van der Waals surface area contributed by atoms with E-state index in [1.54, 1.807) is 0 Å². The second-order valence-electron chi connectivity index (χ2n) is 9.16. The van der Waals surface area contributed by atoms with Crippen LogP contribution in [0.15, 0.2) is 23.3 Å². The van der Waals surface area contributed by atoms with Crippen molar-refractivity contribution in [1.82, 2.24) is 0 Å². The van der Waals surface area contributed by atoms with Gasteiger partial charge in [-0.25, -0.2) is 0 Å². The molecule has 3 heteroatoms. The number of ether oxygens (including phenoxy) is 1. The van der Waals surface area contributed by atoms with Crippen LogP contribution >= 0.6 is 0 Å². The number of nitriles is 1. The molecule has 0 aromatic carbocycles. The van der Waals surface area contributed by atoms with Crippen molar-refractivity contribution in [2.24, 2.45) is 28.6 Å². The number of rotatable bonds is 1. The van der Waals surface area contributed by atoms with E-state index in [0.29, 0.717) is 11.8 Å². The normalized spacial score (nSPS) is 45.2. The van der Waals surface area contributed by atoms with Crippen LogP contribution < -0.4 is 0 Å². The average molecular weight is 339 g/mol. The van der Waals surface area contributed by atoms with Crippen LogP contribution in [-0.2, 0) is 9.53 Å². The van der Waals surface area contributed by atoms with Gasteiger partial charge in [-0.15, -0.1) is 0 Å². The highest BCUT2D eigenvalue weighted by Crippen LogP contribution is 2.64. The largest absolute Gasteiger partial charge is 0.462 e. The van der Waals surface area contributed by atoms with Gasteiger partial charge in [-0.1, -0.05) is 31.6 Å². The Labute approximate surface area is 151 Å². The van der Waals surface area contributed by atoms with Crippen molar-refractivity contribution >= 4 is 5.97 Å². The second-order valence-corrected chi connectivity index (χ2v) is 9.16. The Kier molecular flexibility index (Phi) is 3.87. The van der Waals surface area contributed by atoms with E-state index in [4.69, 9.17) is 4.74 Å². The van der Waals surface area contributed by atoms with Crippen molar-refractivity contribution in [3.8, 4) is 6.07 Å². The van der Waals surface area contributed by atoms with Crippen LogP contribution in [0.2, 0.25) is 0 Å². The highest BCUT2D eigenvalue weighted by Gasteiger charge is 2.56. The fourth-order valence-electron chi connectivity index (χ4n) is 6.70. The van der Waals surface area contributed by atoms with Gasteiger partial charge in [0, 0.05) is 24.3 Å². The van der Waals surface area contributed by atoms with Gasteiger partial charge in [0.1, 0.15) is 6.10 Å². The molecular weight excluding hydrogens is 310 g/mol. The molecule has 0 aromatic heterocycles. The Balaban J connectivity index is 1.59. The van der Waals surface area contributed by atoms with Crippen molar-refractivity contribution in [3.63, 3.8) is 0 Å². The van der Waals surface area contributed by atoms with Crippen LogP contribution in [0.3, 0.4) is 0 Å². The van der Waals surface area contributed by atoms with Crippen molar-refractivity contribution in [3.05, 3.63) is 23.3 Å². The van der Waals surface area contributed by atoms with Gasteiger partial charge >= 0.3 is 5.97 Å². The summed E-state index contributed by atoms with van der Waals surface area (Å²) < 4.78 is 5.51. The highest BCUT2D eigenvalue weighted by atomic mass is 16.5. The van der Waals surface area contributed by atoms with Crippen molar-refractivity contribution in [2.45, 2.75) is 71.8 Å². The molecular formula is C22H29NO2. The maximum atomic E-state index is 11.3. The quantitative estimate of drug-likeness (QED) is 0.502. The van der Waals surface area contributed by atoms with E-state index in [-0.39, 0.29) is 22.9 Å². The Morgan fingerprint density at radius 3 is 2.64 bits per heavy atom. The van der Waals surface area contributed by atoms with Gasteiger partial charge in [0.15, 0.2) is 0 Å². The molecule has 0 radical (unpaired) electrons. The number of esters is 1. The summed E-state index contributed by atoms with van der Waals surface area (Å²) in [4.78, 5) is 11.3. The first-order chi connectivity index (χ1) is 11.9. The fourth-order valence-corrected chi connectivity index (χ4v) is 6.70. The first kappa shape index (κ1) is 16.9. The molecule has 0 aliphatic heterocycles. The summed E-state index contributed by atoms with van der Waals surface area (Å²) in [5.74, 6) is 1.88. The highest BCUT2D eigenvalue weighted by molar-refractivity contribution is 5.66. The van der Waals surface area contributed by atoms with Crippen LogP contribution in [0.5, 0.6) is 0 Å². The Bertz CT molecular complexity index is 699. The maximum Gasteiger partial charge on any atom is 0.302 e. The Morgan fingerprint density at radius 1 is 1.16 bits per heavy atom. The van der Waals surface area contributed by atoms with E-state index in [9.17, 15) is 10.1 Å². The zero-order valence-electron chi connectivity index (χ0n) is 15.7. The van der Waals surface area contributed by atoms with Gasteiger partial charge in [-0.3, -0.25) is 4.79 Å². The molecule has 0 bridgehead atoms. The van der Waals surface area contributed by atoms with Gasteiger partial charge in [0.25, 0.3) is 0 Å². The molecule has 4 rings (SSSR count). The van der Waals surface area contributed by atoms with Gasteiger partial charge in [0.2, 0.25) is 0 Å². The van der Waals surface area contributed by atoms with E-state index < -0.39 is 0 Å². The molecule has 2 saturated carbocycles. The third-order valence-electron chi connectivity index (χ3n) is 8.09. The molecule has 0 spiro atoms. The van der Waals surface area contributed by atoms with Crippen molar-refractivity contribution in [1.29, 1.82) is 5.26 Å². The van der Waals surface area contributed by atoms with Crippen molar-refractivity contribution in [2.75, 3.05) is 0 Å². The van der Waals surface area contributed by atoms with Crippen LogP contribution in [-0.4, -0.2) is 12.1 Å². The topological polar surface area (TPSA) is 50.1 Å². The fraction of sp³-hybridized carbons (Fsp3) is 0.727. The molecule has 0 saturated heterocycles. The van der Waals surface area contributed by atoms with E-state index >= 15 is 0 Å². The van der Waals surface area contributed by atoms with E-state index in [1.807, 2.05) is 0 Å². The molecule has 0 unspecified atom stereocenters.